The molecule has 0 spiro atoms. The molecule has 5 nitrogen and oxygen atoms in total. The zero-order valence-corrected chi connectivity index (χ0v) is 15.6. The summed E-state index contributed by atoms with van der Waals surface area (Å²) in [5.41, 5.74) is 2.64. The number of amides is 1. The Labute approximate surface area is 151 Å². The number of carbonyl (C=O) groups is 1. The van der Waals surface area contributed by atoms with Gasteiger partial charge < -0.3 is 14.6 Å². The van der Waals surface area contributed by atoms with Crippen LogP contribution in [0.1, 0.15) is 30.8 Å². The largest absolute Gasteiger partial charge is 0.383 e. The first-order valence-corrected chi connectivity index (χ1v) is 9.36. The van der Waals surface area contributed by atoms with E-state index in [0.717, 1.165) is 34.6 Å². The summed E-state index contributed by atoms with van der Waals surface area (Å²) < 4.78 is 7.45. The van der Waals surface area contributed by atoms with Crippen LogP contribution < -0.4 is 5.32 Å². The first-order chi connectivity index (χ1) is 12.1. The van der Waals surface area contributed by atoms with Crippen molar-refractivity contribution in [3.8, 4) is 10.7 Å². The lowest BCUT2D eigenvalue weighted by atomic mass is 10.2. The van der Waals surface area contributed by atoms with Crippen LogP contribution in [-0.4, -0.2) is 35.2 Å². The summed E-state index contributed by atoms with van der Waals surface area (Å²) in [6.07, 6.45) is 0.897. The quantitative estimate of drug-likeness (QED) is 0.697. The van der Waals surface area contributed by atoms with Gasteiger partial charge >= 0.3 is 0 Å². The fourth-order valence-electron chi connectivity index (χ4n) is 2.71. The van der Waals surface area contributed by atoms with E-state index < -0.39 is 0 Å². The molecule has 0 saturated carbocycles. The van der Waals surface area contributed by atoms with Crippen LogP contribution in [0.4, 0.5) is 0 Å². The maximum Gasteiger partial charge on any atom is 0.270 e. The number of hydrogen-bond donors (Lipinski definition) is 1. The molecule has 3 rings (SSSR count). The van der Waals surface area contributed by atoms with E-state index in [1.54, 1.807) is 7.11 Å². The SMILES string of the molecule is CCC(C)NC(=O)c1csc(-c2cc3ccccc3n2CCOC)n1. The molecule has 25 heavy (non-hydrogen) atoms. The Morgan fingerprint density at radius 3 is 2.96 bits per heavy atom. The van der Waals surface area contributed by atoms with E-state index in [1.165, 1.54) is 11.3 Å². The summed E-state index contributed by atoms with van der Waals surface area (Å²) in [4.78, 5) is 16.9. The smallest absolute Gasteiger partial charge is 0.270 e. The number of methoxy groups -OCH3 is 1. The summed E-state index contributed by atoms with van der Waals surface area (Å²) in [7, 11) is 1.70. The third kappa shape index (κ3) is 3.75. The Morgan fingerprint density at radius 2 is 2.20 bits per heavy atom. The molecule has 0 aliphatic heterocycles. The van der Waals surface area contributed by atoms with Crippen LogP contribution in [0, 0.1) is 0 Å². The zero-order valence-electron chi connectivity index (χ0n) is 14.8. The van der Waals surface area contributed by atoms with Crippen molar-refractivity contribution in [3.05, 3.63) is 41.4 Å². The van der Waals surface area contributed by atoms with Gasteiger partial charge in [0.15, 0.2) is 0 Å². The minimum atomic E-state index is -0.114. The van der Waals surface area contributed by atoms with Crippen molar-refractivity contribution in [1.29, 1.82) is 0 Å². The predicted molar refractivity (Wildman–Crippen MR) is 102 cm³/mol. The van der Waals surface area contributed by atoms with E-state index in [1.807, 2.05) is 31.4 Å². The second kappa shape index (κ2) is 7.80. The molecule has 0 saturated heterocycles. The first-order valence-electron chi connectivity index (χ1n) is 8.48. The Hall–Kier alpha value is -2.18. The number of hydrogen-bond acceptors (Lipinski definition) is 4. The number of nitrogens with zero attached hydrogens (tertiary/aromatic N) is 2. The number of rotatable bonds is 7. The molecule has 3 aromatic rings. The summed E-state index contributed by atoms with van der Waals surface area (Å²) in [5, 5.41) is 6.80. The molecule has 1 unspecified atom stereocenters. The zero-order chi connectivity index (χ0) is 17.8. The minimum Gasteiger partial charge on any atom is -0.383 e. The monoisotopic (exact) mass is 357 g/mol. The Kier molecular flexibility index (Phi) is 5.50. The fourth-order valence-corrected chi connectivity index (χ4v) is 3.53. The summed E-state index contributed by atoms with van der Waals surface area (Å²) in [6, 6.07) is 10.5. The van der Waals surface area contributed by atoms with Crippen molar-refractivity contribution >= 4 is 28.1 Å². The Morgan fingerprint density at radius 1 is 1.40 bits per heavy atom. The average molecular weight is 357 g/mol. The fraction of sp³-hybridized carbons (Fsp3) is 0.368. The molecule has 1 amide bonds. The lowest BCUT2D eigenvalue weighted by Gasteiger charge is -2.09. The van der Waals surface area contributed by atoms with Crippen molar-refractivity contribution < 1.29 is 9.53 Å². The van der Waals surface area contributed by atoms with Gasteiger partial charge in [-0.15, -0.1) is 11.3 Å². The van der Waals surface area contributed by atoms with Gasteiger partial charge in [-0.25, -0.2) is 4.98 Å². The highest BCUT2D eigenvalue weighted by atomic mass is 32.1. The number of ether oxygens (including phenoxy) is 1. The summed E-state index contributed by atoms with van der Waals surface area (Å²) in [5.74, 6) is -0.114. The molecule has 0 radical (unpaired) electrons. The van der Waals surface area contributed by atoms with Gasteiger partial charge in [0.25, 0.3) is 5.91 Å². The highest BCUT2D eigenvalue weighted by molar-refractivity contribution is 7.13. The third-order valence-electron chi connectivity index (χ3n) is 4.28. The molecule has 0 fully saturated rings. The van der Waals surface area contributed by atoms with Crippen molar-refractivity contribution in [2.75, 3.05) is 13.7 Å². The van der Waals surface area contributed by atoms with Crippen LogP contribution in [0.15, 0.2) is 35.7 Å². The van der Waals surface area contributed by atoms with Crippen LogP contribution in [0.25, 0.3) is 21.6 Å². The average Bonchev–Trinajstić information content (AvgIpc) is 3.24. The number of thiazole rings is 1. The number of benzene rings is 1. The van der Waals surface area contributed by atoms with E-state index in [0.29, 0.717) is 12.3 Å². The van der Waals surface area contributed by atoms with Crippen LogP contribution >= 0.6 is 11.3 Å². The van der Waals surface area contributed by atoms with Gasteiger partial charge in [0, 0.05) is 36.0 Å². The maximum absolute atomic E-state index is 12.3. The molecule has 0 bridgehead atoms. The maximum atomic E-state index is 12.3. The summed E-state index contributed by atoms with van der Waals surface area (Å²) >= 11 is 1.49. The second-order valence-electron chi connectivity index (χ2n) is 6.05. The first kappa shape index (κ1) is 17.6. The number of aromatic nitrogens is 2. The van der Waals surface area contributed by atoms with Gasteiger partial charge in [0.2, 0.25) is 0 Å². The second-order valence-corrected chi connectivity index (χ2v) is 6.91. The van der Waals surface area contributed by atoms with Crippen molar-refractivity contribution in [2.45, 2.75) is 32.9 Å². The normalized spacial score (nSPS) is 12.4. The number of nitrogens with one attached hydrogen (secondary N) is 1. The third-order valence-corrected chi connectivity index (χ3v) is 5.14. The van der Waals surface area contributed by atoms with E-state index in [2.05, 4.69) is 33.1 Å². The number of fused-ring (bicyclic) bond motifs is 1. The van der Waals surface area contributed by atoms with Gasteiger partial charge in [-0.3, -0.25) is 4.79 Å². The molecular weight excluding hydrogens is 334 g/mol. The molecule has 1 N–H and O–H groups in total. The molecule has 0 aliphatic rings. The van der Waals surface area contributed by atoms with Crippen LogP contribution in [0.3, 0.4) is 0 Å². The number of para-hydroxylation sites is 1. The van der Waals surface area contributed by atoms with Gasteiger partial charge in [-0.1, -0.05) is 25.1 Å². The molecule has 1 atom stereocenters. The van der Waals surface area contributed by atoms with Crippen LogP contribution in [-0.2, 0) is 11.3 Å². The highest BCUT2D eigenvalue weighted by Crippen LogP contribution is 2.30. The van der Waals surface area contributed by atoms with Crippen molar-refractivity contribution in [1.82, 2.24) is 14.9 Å². The minimum absolute atomic E-state index is 0.114. The van der Waals surface area contributed by atoms with E-state index in [-0.39, 0.29) is 11.9 Å². The predicted octanol–water partition coefficient (Wildman–Crippen LogP) is 3.94. The van der Waals surface area contributed by atoms with E-state index >= 15 is 0 Å². The lowest BCUT2D eigenvalue weighted by molar-refractivity contribution is 0.0935. The van der Waals surface area contributed by atoms with Crippen LogP contribution in [0.2, 0.25) is 0 Å². The topological polar surface area (TPSA) is 56.2 Å². The standard InChI is InChI=1S/C19H23N3O2S/c1-4-13(2)20-18(23)15-12-25-19(21-15)17-11-14-7-5-6-8-16(14)22(17)9-10-24-3/h5-8,11-13H,4,9-10H2,1-3H3,(H,20,23). The Bertz CT molecular complexity index is 869. The van der Waals surface area contributed by atoms with Gasteiger partial charge in [0.05, 0.1) is 12.3 Å². The molecule has 1 aromatic carbocycles. The van der Waals surface area contributed by atoms with Crippen molar-refractivity contribution in [3.63, 3.8) is 0 Å². The Balaban J connectivity index is 1.95. The molecule has 2 heterocycles. The molecular formula is C19H23N3O2S. The van der Waals surface area contributed by atoms with Gasteiger partial charge in [-0.2, -0.15) is 0 Å². The number of carbonyl (C=O) groups excluding carboxylic acids is 1. The van der Waals surface area contributed by atoms with Gasteiger partial charge in [0.1, 0.15) is 10.7 Å². The molecule has 2 aromatic heterocycles. The molecule has 0 aliphatic carbocycles. The highest BCUT2D eigenvalue weighted by Gasteiger charge is 2.17. The van der Waals surface area contributed by atoms with Crippen molar-refractivity contribution in [2.24, 2.45) is 0 Å². The van der Waals surface area contributed by atoms with E-state index in [4.69, 9.17) is 4.74 Å². The van der Waals surface area contributed by atoms with Gasteiger partial charge in [-0.05, 0) is 25.5 Å². The lowest BCUT2D eigenvalue weighted by Crippen LogP contribution is -2.32. The molecule has 132 valence electrons. The van der Waals surface area contributed by atoms with E-state index in [9.17, 15) is 4.79 Å². The summed E-state index contributed by atoms with van der Waals surface area (Å²) in [6.45, 7) is 5.41. The van der Waals surface area contributed by atoms with Crippen LogP contribution in [0.5, 0.6) is 0 Å². The molecule has 6 heteroatoms.